The lowest BCUT2D eigenvalue weighted by atomic mass is 10.0. The van der Waals surface area contributed by atoms with Crippen LogP contribution in [0.2, 0.25) is 0 Å². The summed E-state index contributed by atoms with van der Waals surface area (Å²) in [5.74, 6) is -1.53. The van der Waals surface area contributed by atoms with Crippen molar-refractivity contribution < 1.29 is 14.7 Å². The van der Waals surface area contributed by atoms with Crippen molar-refractivity contribution in [2.45, 2.75) is 25.3 Å². The predicted octanol–water partition coefficient (Wildman–Crippen LogP) is 0.454. The molecule has 0 bridgehead atoms. The number of pyridine rings is 1. The Balaban J connectivity index is 2.29. The molecule has 2 N–H and O–H groups in total. The summed E-state index contributed by atoms with van der Waals surface area (Å²) in [7, 11) is 0. The van der Waals surface area contributed by atoms with Crippen molar-refractivity contribution in [3.8, 4) is 0 Å². The number of hydrogen-bond donors (Lipinski definition) is 2. The van der Waals surface area contributed by atoms with E-state index in [4.69, 9.17) is 5.11 Å². The molecule has 0 radical (unpaired) electrons. The molecule has 0 spiro atoms. The van der Waals surface area contributed by atoms with E-state index in [1.165, 1.54) is 23.4 Å². The van der Waals surface area contributed by atoms with Gasteiger partial charge in [0.25, 0.3) is 5.91 Å². The summed E-state index contributed by atoms with van der Waals surface area (Å²) in [6.07, 6.45) is 4.74. The third kappa shape index (κ3) is 2.27. The summed E-state index contributed by atoms with van der Waals surface area (Å²) in [5.41, 5.74) is -0.404. The summed E-state index contributed by atoms with van der Waals surface area (Å²) >= 11 is 0. The molecule has 1 saturated heterocycles. The minimum atomic E-state index is -1.02. The van der Waals surface area contributed by atoms with Gasteiger partial charge in [0, 0.05) is 25.0 Å². The second-order valence-corrected chi connectivity index (χ2v) is 4.27. The van der Waals surface area contributed by atoms with Gasteiger partial charge in [0.2, 0.25) is 0 Å². The maximum Gasteiger partial charge on any atom is 0.326 e. The number of carbonyl (C=O) groups excluding carboxylic acids is 1. The van der Waals surface area contributed by atoms with Gasteiger partial charge in [-0.2, -0.15) is 0 Å². The third-order valence-corrected chi connectivity index (χ3v) is 3.10. The van der Waals surface area contributed by atoms with Crippen LogP contribution in [0.1, 0.15) is 29.6 Å². The van der Waals surface area contributed by atoms with Gasteiger partial charge in [0.1, 0.15) is 11.6 Å². The van der Waals surface area contributed by atoms with E-state index in [0.717, 1.165) is 12.8 Å². The highest BCUT2D eigenvalue weighted by atomic mass is 16.4. The number of rotatable bonds is 2. The molecule has 1 aromatic rings. The van der Waals surface area contributed by atoms with E-state index in [1.807, 2.05) is 0 Å². The Morgan fingerprint density at radius 3 is 2.83 bits per heavy atom. The first-order valence-corrected chi connectivity index (χ1v) is 5.82. The van der Waals surface area contributed by atoms with Gasteiger partial charge in [-0.3, -0.25) is 9.59 Å². The van der Waals surface area contributed by atoms with Crippen molar-refractivity contribution in [3.05, 3.63) is 34.2 Å². The topological polar surface area (TPSA) is 90.5 Å². The first-order chi connectivity index (χ1) is 8.61. The number of aliphatic carboxylic acids is 1. The summed E-state index contributed by atoms with van der Waals surface area (Å²) in [5, 5.41) is 9.09. The fourth-order valence-corrected chi connectivity index (χ4v) is 2.17. The van der Waals surface area contributed by atoms with Crippen LogP contribution in [-0.4, -0.2) is 39.5 Å². The number of amides is 1. The largest absolute Gasteiger partial charge is 0.480 e. The molecule has 1 atom stereocenters. The van der Waals surface area contributed by atoms with Gasteiger partial charge in [-0.15, -0.1) is 0 Å². The number of aromatic nitrogens is 1. The molecule has 1 fully saturated rings. The molecule has 18 heavy (non-hydrogen) atoms. The van der Waals surface area contributed by atoms with Crippen LogP contribution in [0.15, 0.2) is 23.3 Å². The minimum Gasteiger partial charge on any atom is -0.480 e. The molecule has 0 aromatic carbocycles. The van der Waals surface area contributed by atoms with E-state index in [2.05, 4.69) is 4.98 Å². The highest BCUT2D eigenvalue weighted by Crippen LogP contribution is 2.18. The molecule has 1 aliphatic heterocycles. The second-order valence-electron chi connectivity index (χ2n) is 4.27. The van der Waals surface area contributed by atoms with Gasteiger partial charge >= 0.3 is 5.97 Å². The van der Waals surface area contributed by atoms with E-state index in [9.17, 15) is 14.4 Å². The number of hydrogen-bond acceptors (Lipinski definition) is 3. The van der Waals surface area contributed by atoms with Crippen LogP contribution in [0.4, 0.5) is 0 Å². The Morgan fingerprint density at radius 2 is 2.17 bits per heavy atom. The van der Waals surface area contributed by atoms with E-state index >= 15 is 0 Å². The van der Waals surface area contributed by atoms with Crippen LogP contribution in [0.3, 0.4) is 0 Å². The zero-order valence-corrected chi connectivity index (χ0v) is 9.76. The summed E-state index contributed by atoms with van der Waals surface area (Å²) in [6, 6.07) is 0.429. The normalized spacial score (nSPS) is 19.6. The summed E-state index contributed by atoms with van der Waals surface area (Å²) < 4.78 is 0. The molecule has 1 aromatic heterocycles. The Kier molecular flexibility index (Phi) is 3.45. The van der Waals surface area contributed by atoms with Gasteiger partial charge in [-0.05, 0) is 19.3 Å². The monoisotopic (exact) mass is 250 g/mol. The second kappa shape index (κ2) is 5.03. The highest BCUT2D eigenvalue weighted by molar-refractivity contribution is 5.96. The zero-order valence-electron chi connectivity index (χ0n) is 9.76. The predicted molar refractivity (Wildman–Crippen MR) is 63.4 cm³/mol. The van der Waals surface area contributed by atoms with Gasteiger partial charge in [0.05, 0.1) is 0 Å². The Bertz CT molecular complexity index is 523. The van der Waals surface area contributed by atoms with Crippen molar-refractivity contribution in [2.75, 3.05) is 6.54 Å². The summed E-state index contributed by atoms with van der Waals surface area (Å²) in [4.78, 5) is 38.8. The van der Waals surface area contributed by atoms with Crippen LogP contribution in [0.5, 0.6) is 0 Å². The Morgan fingerprint density at radius 1 is 1.39 bits per heavy atom. The number of piperidine rings is 1. The third-order valence-electron chi connectivity index (χ3n) is 3.10. The number of H-pyrrole nitrogens is 1. The van der Waals surface area contributed by atoms with Gasteiger partial charge < -0.3 is 15.0 Å². The molecule has 1 amide bonds. The van der Waals surface area contributed by atoms with E-state index in [1.54, 1.807) is 0 Å². The number of carboxylic acid groups (broad SMARTS) is 1. The first kappa shape index (κ1) is 12.3. The molecule has 96 valence electrons. The van der Waals surface area contributed by atoms with Crippen LogP contribution in [0.25, 0.3) is 0 Å². The lowest BCUT2D eigenvalue weighted by Crippen LogP contribution is -2.48. The first-order valence-electron chi connectivity index (χ1n) is 5.82. The maximum atomic E-state index is 12.2. The number of likely N-dealkylation sites (tertiary alicyclic amines) is 1. The average Bonchev–Trinajstić information content (AvgIpc) is 2.38. The standard InChI is InChI=1S/C12H14N2O4/c15-10-4-5-13-7-8(10)11(16)14-6-2-1-3-9(14)12(17)18/h4-5,7,9H,1-3,6H2,(H,13,15)(H,17,18). The number of carbonyl (C=O) groups is 2. The average molecular weight is 250 g/mol. The van der Waals surface area contributed by atoms with Crippen molar-refractivity contribution in [3.63, 3.8) is 0 Å². The summed E-state index contributed by atoms with van der Waals surface area (Å²) in [6.45, 7) is 0.379. The van der Waals surface area contributed by atoms with Crippen LogP contribution in [0, 0.1) is 0 Å². The van der Waals surface area contributed by atoms with Crippen molar-refractivity contribution in [2.24, 2.45) is 0 Å². The number of nitrogens with one attached hydrogen (secondary N) is 1. The molecule has 2 heterocycles. The minimum absolute atomic E-state index is 0.00866. The fourth-order valence-electron chi connectivity index (χ4n) is 2.17. The molecule has 6 heteroatoms. The number of aromatic amines is 1. The molecule has 2 rings (SSSR count). The van der Waals surface area contributed by atoms with Crippen LogP contribution in [-0.2, 0) is 4.79 Å². The molecule has 0 aliphatic carbocycles. The Hall–Kier alpha value is -2.11. The molecule has 1 unspecified atom stereocenters. The van der Waals surface area contributed by atoms with Crippen molar-refractivity contribution in [1.82, 2.24) is 9.88 Å². The van der Waals surface area contributed by atoms with Gasteiger partial charge in [-0.1, -0.05) is 0 Å². The van der Waals surface area contributed by atoms with Crippen LogP contribution >= 0.6 is 0 Å². The van der Waals surface area contributed by atoms with Crippen LogP contribution < -0.4 is 5.43 Å². The highest BCUT2D eigenvalue weighted by Gasteiger charge is 2.33. The van der Waals surface area contributed by atoms with E-state index in [-0.39, 0.29) is 5.56 Å². The molecular weight excluding hydrogens is 236 g/mol. The van der Waals surface area contributed by atoms with Gasteiger partial charge in [0.15, 0.2) is 5.43 Å². The fraction of sp³-hybridized carbons (Fsp3) is 0.417. The zero-order chi connectivity index (χ0) is 13.1. The molecule has 6 nitrogen and oxygen atoms in total. The lowest BCUT2D eigenvalue weighted by molar-refractivity contribution is -0.143. The molecular formula is C12H14N2O4. The molecule has 0 saturated carbocycles. The number of nitrogens with zero attached hydrogens (tertiary/aromatic N) is 1. The van der Waals surface area contributed by atoms with E-state index < -0.39 is 23.3 Å². The maximum absolute atomic E-state index is 12.2. The van der Waals surface area contributed by atoms with Crippen molar-refractivity contribution in [1.29, 1.82) is 0 Å². The Labute approximate surface area is 103 Å². The quantitative estimate of drug-likeness (QED) is 0.797. The van der Waals surface area contributed by atoms with Crippen molar-refractivity contribution >= 4 is 11.9 Å². The lowest BCUT2D eigenvalue weighted by Gasteiger charge is -2.32. The smallest absolute Gasteiger partial charge is 0.326 e. The van der Waals surface area contributed by atoms with E-state index in [0.29, 0.717) is 13.0 Å². The SMILES string of the molecule is O=C(O)C1CCCCN1C(=O)c1c[nH]ccc1=O. The number of carboxylic acids is 1. The van der Waals surface area contributed by atoms with Gasteiger partial charge in [-0.25, -0.2) is 4.79 Å². The molecule has 1 aliphatic rings.